The number of amides is 1. The van der Waals surface area contributed by atoms with Crippen LogP contribution in [0, 0.1) is 0 Å². The van der Waals surface area contributed by atoms with E-state index < -0.39 is 0 Å². The molecule has 86 valence electrons. The first-order valence-corrected chi connectivity index (χ1v) is 5.34. The van der Waals surface area contributed by atoms with Gasteiger partial charge in [0.2, 0.25) is 5.91 Å². The monoisotopic (exact) mass is 221 g/mol. The highest BCUT2D eigenvalue weighted by molar-refractivity contribution is 5.81. The molecular formula is C11H15N3O2. The van der Waals surface area contributed by atoms with Crippen molar-refractivity contribution >= 4 is 5.91 Å². The summed E-state index contributed by atoms with van der Waals surface area (Å²) in [5.74, 6) is -0.0171. The summed E-state index contributed by atoms with van der Waals surface area (Å²) in [7, 11) is 0. The number of hydrogen-bond acceptors (Lipinski definition) is 4. The molecule has 1 fully saturated rings. The number of morpholine rings is 1. The zero-order valence-electron chi connectivity index (χ0n) is 8.98. The first-order chi connectivity index (χ1) is 7.86. The van der Waals surface area contributed by atoms with E-state index in [0.717, 1.165) is 12.1 Å². The van der Waals surface area contributed by atoms with Crippen molar-refractivity contribution in [2.75, 3.05) is 19.8 Å². The van der Waals surface area contributed by atoms with E-state index in [9.17, 15) is 4.79 Å². The van der Waals surface area contributed by atoms with Gasteiger partial charge in [-0.1, -0.05) is 0 Å². The van der Waals surface area contributed by atoms with Crippen LogP contribution in [0.5, 0.6) is 0 Å². The highest BCUT2D eigenvalue weighted by Gasteiger charge is 2.20. The van der Waals surface area contributed by atoms with Gasteiger partial charge in [0, 0.05) is 25.5 Å². The van der Waals surface area contributed by atoms with Crippen LogP contribution in [0.25, 0.3) is 0 Å². The van der Waals surface area contributed by atoms with E-state index in [4.69, 9.17) is 4.74 Å². The minimum atomic E-state index is -0.226. The first kappa shape index (κ1) is 11.0. The Labute approximate surface area is 94.2 Å². The largest absolute Gasteiger partial charge is 0.378 e. The molecule has 1 amide bonds. The summed E-state index contributed by atoms with van der Waals surface area (Å²) in [5.41, 5.74) is 1.04. The second-order valence-electron chi connectivity index (χ2n) is 3.65. The van der Waals surface area contributed by atoms with Crippen LogP contribution >= 0.6 is 0 Å². The Morgan fingerprint density at radius 3 is 3.06 bits per heavy atom. The third-order valence-electron chi connectivity index (χ3n) is 2.45. The molecule has 0 aromatic carbocycles. The van der Waals surface area contributed by atoms with E-state index in [1.54, 1.807) is 12.4 Å². The molecule has 5 nitrogen and oxygen atoms in total. The minimum Gasteiger partial charge on any atom is -0.378 e. The van der Waals surface area contributed by atoms with Crippen LogP contribution in [0.2, 0.25) is 0 Å². The summed E-state index contributed by atoms with van der Waals surface area (Å²) in [6.07, 6.45) is 3.42. The summed E-state index contributed by atoms with van der Waals surface area (Å²) in [5, 5.41) is 5.97. The second kappa shape index (κ2) is 5.58. The van der Waals surface area contributed by atoms with Crippen molar-refractivity contribution in [1.29, 1.82) is 0 Å². The van der Waals surface area contributed by atoms with Gasteiger partial charge in [0.15, 0.2) is 0 Å². The topological polar surface area (TPSA) is 63.2 Å². The number of hydrogen-bond donors (Lipinski definition) is 2. The molecule has 0 aliphatic carbocycles. The molecule has 0 bridgehead atoms. The lowest BCUT2D eigenvalue weighted by molar-refractivity contribution is -0.126. The highest BCUT2D eigenvalue weighted by Crippen LogP contribution is 1.97. The fourth-order valence-electron chi connectivity index (χ4n) is 1.55. The first-order valence-electron chi connectivity index (χ1n) is 5.34. The van der Waals surface area contributed by atoms with Gasteiger partial charge in [0.05, 0.1) is 13.2 Å². The van der Waals surface area contributed by atoms with Crippen LogP contribution in [0.3, 0.4) is 0 Å². The summed E-state index contributed by atoms with van der Waals surface area (Å²) < 4.78 is 5.22. The van der Waals surface area contributed by atoms with Crippen molar-refractivity contribution in [3.63, 3.8) is 0 Å². The average Bonchev–Trinajstić information content (AvgIpc) is 2.38. The number of carbonyl (C=O) groups is 1. The Kier molecular flexibility index (Phi) is 3.85. The van der Waals surface area contributed by atoms with Crippen molar-refractivity contribution in [1.82, 2.24) is 15.6 Å². The maximum atomic E-state index is 11.7. The van der Waals surface area contributed by atoms with Crippen molar-refractivity contribution in [2.45, 2.75) is 12.6 Å². The predicted octanol–water partition coefficient (Wildman–Crippen LogP) is -0.314. The molecule has 1 atom stereocenters. The molecule has 2 rings (SSSR count). The molecule has 0 radical (unpaired) electrons. The van der Waals surface area contributed by atoms with E-state index >= 15 is 0 Å². The highest BCUT2D eigenvalue weighted by atomic mass is 16.5. The van der Waals surface area contributed by atoms with Crippen LogP contribution in [-0.2, 0) is 16.1 Å². The number of nitrogens with zero attached hydrogens (tertiary/aromatic N) is 1. The molecule has 1 aliphatic rings. The van der Waals surface area contributed by atoms with Crippen molar-refractivity contribution in [3.8, 4) is 0 Å². The van der Waals surface area contributed by atoms with Crippen molar-refractivity contribution in [2.24, 2.45) is 0 Å². The maximum absolute atomic E-state index is 11.7. The van der Waals surface area contributed by atoms with Crippen LogP contribution in [0.15, 0.2) is 24.5 Å². The van der Waals surface area contributed by atoms with Gasteiger partial charge in [-0.05, 0) is 17.7 Å². The number of ether oxygens (including phenoxy) is 1. The molecule has 0 saturated carbocycles. The van der Waals surface area contributed by atoms with Gasteiger partial charge in [-0.2, -0.15) is 0 Å². The molecule has 0 spiro atoms. The van der Waals surface area contributed by atoms with E-state index in [-0.39, 0.29) is 11.9 Å². The van der Waals surface area contributed by atoms with Crippen LogP contribution < -0.4 is 10.6 Å². The third kappa shape index (κ3) is 3.01. The van der Waals surface area contributed by atoms with E-state index in [0.29, 0.717) is 19.8 Å². The molecule has 1 aromatic heterocycles. The zero-order valence-corrected chi connectivity index (χ0v) is 8.98. The zero-order chi connectivity index (χ0) is 11.2. The predicted molar refractivity (Wildman–Crippen MR) is 58.7 cm³/mol. The number of pyridine rings is 1. The SMILES string of the molecule is O=C(NCc1ccncc1)C1COCCN1. The number of aromatic nitrogens is 1. The van der Waals surface area contributed by atoms with Gasteiger partial charge in [-0.3, -0.25) is 9.78 Å². The summed E-state index contributed by atoms with van der Waals surface area (Å²) >= 11 is 0. The Balaban J connectivity index is 1.79. The quantitative estimate of drug-likeness (QED) is 0.734. The van der Waals surface area contributed by atoms with Gasteiger partial charge >= 0.3 is 0 Å². The lowest BCUT2D eigenvalue weighted by Crippen LogP contribution is -2.51. The third-order valence-corrected chi connectivity index (χ3v) is 2.45. The van der Waals surface area contributed by atoms with E-state index in [1.165, 1.54) is 0 Å². The van der Waals surface area contributed by atoms with Crippen LogP contribution in [0.4, 0.5) is 0 Å². The van der Waals surface area contributed by atoms with Gasteiger partial charge in [0.25, 0.3) is 0 Å². The van der Waals surface area contributed by atoms with Crippen LogP contribution in [0.1, 0.15) is 5.56 Å². The molecule has 5 heteroatoms. The standard InChI is InChI=1S/C11H15N3O2/c15-11(10-8-16-6-5-13-10)14-7-9-1-3-12-4-2-9/h1-4,10,13H,5-8H2,(H,14,15). The Morgan fingerprint density at radius 2 is 2.38 bits per heavy atom. The summed E-state index contributed by atoms with van der Waals surface area (Å²) in [6, 6.07) is 3.53. The molecule has 1 unspecified atom stereocenters. The van der Waals surface area contributed by atoms with Gasteiger partial charge in [-0.15, -0.1) is 0 Å². The summed E-state index contributed by atoms with van der Waals surface area (Å²) in [4.78, 5) is 15.6. The molecular weight excluding hydrogens is 206 g/mol. The van der Waals surface area contributed by atoms with Crippen LogP contribution in [-0.4, -0.2) is 36.7 Å². The van der Waals surface area contributed by atoms with E-state index in [2.05, 4.69) is 15.6 Å². The molecule has 2 N–H and O–H groups in total. The van der Waals surface area contributed by atoms with Gasteiger partial charge in [0.1, 0.15) is 6.04 Å². The van der Waals surface area contributed by atoms with Gasteiger partial charge in [-0.25, -0.2) is 0 Å². The fraction of sp³-hybridized carbons (Fsp3) is 0.455. The van der Waals surface area contributed by atoms with Gasteiger partial charge < -0.3 is 15.4 Å². The normalized spacial score (nSPS) is 20.4. The van der Waals surface area contributed by atoms with E-state index in [1.807, 2.05) is 12.1 Å². The Morgan fingerprint density at radius 1 is 1.56 bits per heavy atom. The second-order valence-corrected chi connectivity index (χ2v) is 3.65. The Bertz CT molecular complexity index is 336. The lowest BCUT2D eigenvalue weighted by Gasteiger charge is -2.22. The molecule has 16 heavy (non-hydrogen) atoms. The molecule has 1 aromatic rings. The minimum absolute atomic E-state index is 0.0171. The van der Waals surface area contributed by atoms with Crippen molar-refractivity contribution in [3.05, 3.63) is 30.1 Å². The number of nitrogens with one attached hydrogen (secondary N) is 2. The molecule has 2 heterocycles. The molecule has 1 aliphatic heterocycles. The smallest absolute Gasteiger partial charge is 0.239 e. The number of carbonyl (C=O) groups excluding carboxylic acids is 1. The lowest BCUT2D eigenvalue weighted by atomic mass is 10.2. The average molecular weight is 221 g/mol. The maximum Gasteiger partial charge on any atom is 0.239 e. The molecule has 1 saturated heterocycles. The number of rotatable bonds is 3. The fourth-order valence-corrected chi connectivity index (χ4v) is 1.55. The van der Waals surface area contributed by atoms with Crippen molar-refractivity contribution < 1.29 is 9.53 Å². The Hall–Kier alpha value is -1.46. The summed E-state index contributed by atoms with van der Waals surface area (Å²) in [6.45, 7) is 2.38.